The predicted molar refractivity (Wildman–Crippen MR) is 64.8 cm³/mol. The number of rotatable bonds is 1. The molecule has 2 rings (SSSR count). The van der Waals surface area contributed by atoms with Crippen LogP contribution in [0.3, 0.4) is 0 Å². The molecule has 0 unspecified atom stereocenters. The van der Waals surface area contributed by atoms with E-state index in [0.29, 0.717) is 4.90 Å². The fourth-order valence-corrected chi connectivity index (χ4v) is 2.11. The molecule has 1 aliphatic heterocycles. The summed E-state index contributed by atoms with van der Waals surface area (Å²) in [6.07, 6.45) is -6.23. The van der Waals surface area contributed by atoms with Crippen LogP contribution < -0.4 is 9.80 Å². The average molecular weight is 288 g/mol. The zero-order valence-electron chi connectivity index (χ0n) is 10.2. The van der Waals surface area contributed by atoms with E-state index < -0.39 is 24.7 Å². The van der Waals surface area contributed by atoms with Crippen molar-refractivity contribution in [2.75, 3.05) is 22.9 Å². The second-order valence-electron chi connectivity index (χ2n) is 4.29. The number of carbonyl (C=O) groups is 2. The fourth-order valence-electron chi connectivity index (χ4n) is 2.11. The standard InChI is InChI=1S/C12H11F3N2O3/c13-12(14,15)7-16-6-5-10(18)17(11(19)20)9-4-2-1-3-8(9)16/h1-4H,5-7H2,(H,19,20). The maximum Gasteiger partial charge on any atom is 0.418 e. The SMILES string of the molecule is O=C(O)N1C(=O)CCN(CC(F)(F)F)c2ccccc21. The van der Waals surface area contributed by atoms with Crippen LogP contribution in [0, 0.1) is 0 Å². The van der Waals surface area contributed by atoms with Crippen molar-refractivity contribution in [1.82, 2.24) is 0 Å². The van der Waals surface area contributed by atoms with Gasteiger partial charge in [0.05, 0.1) is 11.4 Å². The normalized spacial score (nSPS) is 15.8. The third-order valence-electron chi connectivity index (χ3n) is 2.87. The molecule has 0 fully saturated rings. The minimum atomic E-state index is -4.44. The maximum atomic E-state index is 12.6. The quantitative estimate of drug-likeness (QED) is 0.862. The third kappa shape index (κ3) is 2.84. The highest BCUT2D eigenvalue weighted by molar-refractivity contribution is 6.14. The van der Waals surface area contributed by atoms with Crippen molar-refractivity contribution < 1.29 is 27.9 Å². The molecule has 1 N–H and O–H groups in total. The highest BCUT2D eigenvalue weighted by Crippen LogP contribution is 2.34. The van der Waals surface area contributed by atoms with Crippen molar-refractivity contribution in [2.45, 2.75) is 12.6 Å². The first-order valence-corrected chi connectivity index (χ1v) is 5.76. The molecule has 0 spiro atoms. The summed E-state index contributed by atoms with van der Waals surface area (Å²) in [5.41, 5.74) is 0.0322. The number of imide groups is 1. The highest BCUT2D eigenvalue weighted by Gasteiger charge is 2.36. The van der Waals surface area contributed by atoms with Crippen molar-refractivity contribution in [2.24, 2.45) is 0 Å². The Balaban J connectivity index is 2.47. The van der Waals surface area contributed by atoms with E-state index in [1.165, 1.54) is 24.3 Å². The molecule has 0 aromatic heterocycles. The summed E-state index contributed by atoms with van der Waals surface area (Å²) in [6.45, 7) is -1.41. The molecule has 0 aliphatic carbocycles. The smallest absolute Gasteiger partial charge is 0.418 e. The topological polar surface area (TPSA) is 60.9 Å². The van der Waals surface area contributed by atoms with Crippen LogP contribution >= 0.6 is 0 Å². The summed E-state index contributed by atoms with van der Waals surface area (Å²) < 4.78 is 37.7. The molecule has 5 nitrogen and oxygen atoms in total. The first-order chi connectivity index (χ1) is 9.29. The molecule has 8 heteroatoms. The van der Waals surface area contributed by atoms with E-state index in [4.69, 9.17) is 5.11 Å². The minimum Gasteiger partial charge on any atom is -0.464 e. The lowest BCUT2D eigenvalue weighted by Gasteiger charge is -2.25. The maximum absolute atomic E-state index is 12.6. The number of benzene rings is 1. The fraction of sp³-hybridized carbons (Fsp3) is 0.333. The molecule has 0 bridgehead atoms. The summed E-state index contributed by atoms with van der Waals surface area (Å²) in [7, 11) is 0. The molecule has 0 atom stereocenters. The van der Waals surface area contributed by atoms with Gasteiger partial charge in [-0.3, -0.25) is 4.79 Å². The average Bonchev–Trinajstić information content (AvgIpc) is 2.45. The van der Waals surface area contributed by atoms with Gasteiger partial charge in [-0.15, -0.1) is 0 Å². The molecule has 1 heterocycles. The molecule has 0 saturated heterocycles. The second kappa shape index (κ2) is 5.03. The first-order valence-electron chi connectivity index (χ1n) is 5.76. The van der Waals surface area contributed by atoms with Gasteiger partial charge in [0, 0.05) is 13.0 Å². The van der Waals surface area contributed by atoms with Crippen LogP contribution in [0.4, 0.5) is 29.3 Å². The van der Waals surface area contributed by atoms with E-state index in [2.05, 4.69) is 0 Å². The number of amides is 2. The lowest BCUT2D eigenvalue weighted by atomic mass is 10.2. The Bertz CT molecular complexity index is 545. The predicted octanol–water partition coefficient (Wildman–Crippen LogP) is 2.47. The van der Waals surface area contributed by atoms with E-state index >= 15 is 0 Å². The van der Waals surface area contributed by atoms with Crippen LogP contribution in [0.25, 0.3) is 0 Å². The summed E-state index contributed by atoms with van der Waals surface area (Å²) in [5.74, 6) is -0.741. The molecule has 108 valence electrons. The van der Waals surface area contributed by atoms with Gasteiger partial charge < -0.3 is 10.0 Å². The van der Waals surface area contributed by atoms with Crippen molar-refractivity contribution in [1.29, 1.82) is 0 Å². The van der Waals surface area contributed by atoms with Crippen molar-refractivity contribution >= 4 is 23.4 Å². The van der Waals surface area contributed by atoms with Gasteiger partial charge in [0.1, 0.15) is 6.54 Å². The molecular weight excluding hydrogens is 277 g/mol. The number of carbonyl (C=O) groups excluding carboxylic acids is 1. The number of halogens is 3. The number of para-hydroxylation sites is 2. The number of hydrogen-bond acceptors (Lipinski definition) is 3. The summed E-state index contributed by atoms with van der Waals surface area (Å²) in [6, 6.07) is 5.66. The van der Waals surface area contributed by atoms with Gasteiger partial charge in [-0.2, -0.15) is 13.2 Å². The Labute approximate surface area is 112 Å². The van der Waals surface area contributed by atoms with E-state index in [-0.39, 0.29) is 24.3 Å². The van der Waals surface area contributed by atoms with Crippen LogP contribution in [0.1, 0.15) is 6.42 Å². The first kappa shape index (κ1) is 14.2. The Morgan fingerprint density at radius 1 is 1.25 bits per heavy atom. The lowest BCUT2D eigenvalue weighted by molar-refractivity contribution is -0.121. The van der Waals surface area contributed by atoms with E-state index in [1.54, 1.807) is 0 Å². The zero-order valence-corrected chi connectivity index (χ0v) is 10.2. The molecule has 2 amide bonds. The second-order valence-corrected chi connectivity index (χ2v) is 4.29. The van der Waals surface area contributed by atoms with E-state index in [1.807, 2.05) is 0 Å². The Kier molecular flexibility index (Phi) is 3.56. The number of anilines is 2. The Morgan fingerprint density at radius 2 is 1.85 bits per heavy atom. The Morgan fingerprint density at radius 3 is 2.40 bits per heavy atom. The minimum absolute atomic E-state index is 0.0493. The number of fused-ring (bicyclic) bond motifs is 1. The van der Waals surface area contributed by atoms with Crippen molar-refractivity contribution in [3.05, 3.63) is 24.3 Å². The van der Waals surface area contributed by atoms with Gasteiger partial charge in [-0.05, 0) is 12.1 Å². The van der Waals surface area contributed by atoms with Crippen LogP contribution in [0.15, 0.2) is 24.3 Å². The van der Waals surface area contributed by atoms with Gasteiger partial charge in [0.25, 0.3) is 0 Å². The van der Waals surface area contributed by atoms with Gasteiger partial charge in [0.2, 0.25) is 5.91 Å². The van der Waals surface area contributed by atoms with Crippen molar-refractivity contribution in [3.8, 4) is 0 Å². The monoisotopic (exact) mass is 288 g/mol. The van der Waals surface area contributed by atoms with Crippen LogP contribution in [0.2, 0.25) is 0 Å². The van der Waals surface area contributed by atoms with Gasteiger partial charge in [0.15, 0.2) is 0 Å². The Hall–Kier alpha value is -2.25. The van der Waals surface area contributed by atoms with Gasteiger partial charge >= 0.3 is 12.3 Å². The third-order valence-corrected chi connectivity index (χ3v) is 2.87. The highest BCUT2D eigenvalue weighted by atomic mass is 19.4. The molecule has 1 aromatic rings. The number of hydrogen-bond donors (Lipinski definition) is 1. The van der Waals surface area contributed by atoms with E-state index in [9.17, 15) is 22.8 Å². The zero-order chi connectivity index (χ0) is 14.9. The number of carboxylic acid groups (broad SMARTS) is 1. The number of nitrogens with zero attached hydrogens (tertiary/aromatic N) is 2. The van der Waals surface area contributed by atoms with E-state index in [0.717, 1.165) is 4.90 Å². The lowest BCUT2D eigenvalue weighted by Crippen LogP contribution is -2.35. The summed E-state index contributed by atoms with van der Waals surface area (Å²) >= 11 is 0. The molecule has 1 aromatic carbocycles. The van der Waals surface area contributed by atoms with Gasteiger partial charge in [-0.25, -0.2) is 9.69 Å². The summed E-state index contributed by atoms with van der Waals surface area (Å²) in [5, 5.41) is 9.06. The number of alkyl halides is 3. The molecule has 20 heavy (non-hydrogen) atoms. The van der Waals surface area contributed by atoms with Crippen LogP contribution in [-0.4, -0.2) is 36.4 Å². The molecular formula is C12H11F3N2O3. The summed E-state index contributed by atoms with van der Waals surface area (Å²) in [4.78, 5) is 24.4. The van der Waals surface area contributed by atoms with Crippen LogP contribution in [0.5, 0.6) is 0 Å². The van der Waals surface area contributed by atoms with Crippen molar-refractivity contribution in [3.63, 3.8) is 0 Å². The molecule has 0 saturated carbocycles. The molecule has 1 aliphatic rings. The van der Waals surface area contributed by atoms with Gasteiger partial charge in [-0.1, -0.05) is 12.1 Å². The molecule has 0 radical (unpaired) electrons. The largest absolute Gasteiger partial charge is 0.464 e. The van der Waals surface area contributed by atoms with Crippen LogP contribution in [-0.2, 0) is 4.79 Å².